The SMILES string of the molecule is N#Cc1ccccc1S(=O)(=O)N1CCC(C(=O)NCCCS(=O)(=O)c2ccccc2)CC1. The van der Waals surface area contributed by atoms with Gasteiger partial charge in [0.05, 0.1) is 21.1 Å². The zero-order valence-corrected chi connectivity index (χ0v) is 19.1. The largest absolute Gasteiger partial charge is 0.356 e. The quantitative estimate of drug-likeness (QED) is 0.582. The average molecular weight is 476 g/mol. The van der Waals surface area contributed by atoms with Crippen LogP contribution in [0.25, 0.3) is 0 Å². The number of sulfonamides is 1. The Morgan fingerprint density at radius 1 is 1.00 bits per heavy atom. The molecule has 0 atom stereocenters. The Bertz CT molecular complexity index is 1200. The summed E-state index contributed by atoms with van der Waals surface area (Å²) in [6.07, 6.45) is 1.02. The lowest BCUT2D eigenvalue weighted by molar-refractivity contribution is -0.126. The molecule has 0 radical (unpaired) electrons. The summed E-state index contributed by atoms with van der Waals surface area (Å²) in [6.45, 7) is 0.601. The lowest BCUT2D eigenvalue weighted by Gasteiger charge is -2.30. The topological polar surface area (TPSA) is 124 Å². The molecule has 1 N–H and O–H groups in total. The van der Waals surface area contributed by atoms with Gasteiger partial charge in [0.1, 0.15) is 6.07 Å². The van der Waals surface area contributed by atoms with Gasteiger partial charge in [-0.2, -0.15) is 9.57 Å². The van der Waals surface area contributed by atoms with Crippen LogP contribution in [0.5, 0.6) is 0 Å². The van der Waals surface area contributed by atoms with E-state index in [2.05, 4.69) is 5.32 Å². The third-order valence-corrected chi connectivity index (χ3v) is 9.21. The van der Waals surface area contributed by atoms with Crippen molar-refractivity contribution in [2.45, 2.75) is 29.1 Å². The molecular formula is C22H25N3O5S2. The van der Waals surface area contributed by atoms with Crippen molar-refractivity contribution in [3.8, 4) is 6.07 Å². The van der Waals surface area contributed by atoms with E-state index in [0.717, 1.165) is 0 Å². The van der Waals surface area contributed by atoms with Gasteiger partial charge in [-0.3, -0.25) is 4.79 Å². The van der Waals surface area contributed by atoms with Crippen LogP contribution in [-0.2, 0) is 24.7 Å². The zero-order chi connectivity index (χ0) is 23.2. The minimum atomic E-state index is -3.81. The normalized spacial score (nSPS) is 15.7. The van der Waals surface area contributed by atoms with E-state index in [4.69, 9.17) is 0 Å². The Balaban J connectivity index is 1.48. The summed E-state index contributed by atoms with van der Waals surface area (Å²) in [6, 6.07) is 16.1. The fraction of sp³-hybridized carbons (Fsp3) is 0.364. The summed E-state index contributed by atoms with van der Waals surface area (Å²) in [5.41, 5.74) is 0.0952. The van der Waals surface area contributed by atoms with Crippen LogP contribution in [0.15, 0.2) is 64.4 Å². The second kappa shape index (κ2) is 10.3. The van der Waals surface area contributed by atoms with Crippen LogP contribution >= 0.6 is 0 Å². The molecule has 0 aromatic heterocycles. The van der Waals surface area contributed by atoms with Crippen molar-refractivity contribution >= 4 is 25.8 Å². The number of hydrogen-bond donors (Lipinski definition) is 1. The van der Waals surface area contributed by atoms with E-state index >= 15 is 0 Å². The highest BCUT2D eigenvalue weighted by atomic mass is 32.2. The maximum absolute atomic E-state index is 12.9. The van der Waals surface area contributed by atoms with Gasteiger partial charge in [0.2, 0.25) is 15.9 Å². The first-order valence-electron chi connectivity index (χ1n) is 10.3. The molecule has 32 heavy (non-hydrogen) atoms. The van der Waals surface area contributed by atoms with Gasteiger partial charge in [-0.25, -0.2) is 16.8 Å². The van der Waals surface area contributed by atoms with Gasteiger partial charge in [0, 0.05) is 25.6 Å². The summed E-state index contributed by atoms with van der Waals surface area (Å²) in [5, 5.41) is 12.0. The molecule has 8 nitrogen and oxygen atoms in total. The highest BCUT2D eigenvalue weighted by Gasteiger charge is 2.33. The summed E-state index contributed by atoms with van der Waals surface area (Å²) in [4.78, 5) is 12.7. The molecule has 0 saturated carbocycles. The molecule has 1 aliphatic heterocycles. The van der Waals surface area contributed by atoms with Gasteiger partial charge < -0.3 is 5.32 Å². The van der Waals surface area contributed by atoms with Crippen LogP contribution in [0.1, 0.15) is 24.8 Å². The molecule has 0 bridgehead atoms. The molecule has 1 saturated heterocycles. The van der Waals surface area contributed by atoms with Crippen LogP contribution in [0.4, 0.5) is 0 Å². The third-order valence-electron chi connectivity index (χ3n) is 5.44. The number of carbonyl (C=O) groups excluding carboxylic acids is 1. The maximum Gasteiger partial charge on any atom is 0.244 e. The van der Waals surface area contributed by atoms with Gasteiger partial charge in [0.25, 0.3) is 0 Å². The van der Waals surface area contributed by atoms with Crippen molar-refractivity contribution in [1.29, 1.82) is 5.26 Å². The minimum Gasteiger partial charge on any atom is -0.356 e. The Labute approximate surface area is 188 Å². The lowest BCUT2D eigenvalue weighted by Crippen LogP contribution is -2.43. The van der Waals surface area contributed by atoms with Gasteiger partial charge in [0.15, 0.2) is 9.84 Å². The van der Waals surface area contributed by atoms with Crippen molar-refractivity contribution in [3.63, 3.8) is 0 Å². The van der Waals surface area contributed by atoms with E-state index in [1.807, 2.05) is 6.07 Å². The van der Waals surface area contributed by atoms with E-state index in [1.54, 1.807) is 42.5 Å². The number of hydrogen-bond acceptors (Lipinski definition) is 6. The first-order chi connectivity index (χ1) is 15.3. The van der Waals surface area contributed by atoms with Gasteiger partial charge >= 0.3 is 0 Å². The predicted molar refractivity (Wildman–Crippen MR) is 119 cm³/mol. The number of nitriles is 1. The van der Waals surface area contributed by atoms with Crippen LogP contribution in [0.3, 0.4) is 0 Å². The number of carbonyl (C=O) groups is 1. The minimum absolute atomic E-state index is 0.0231. The fourth-order valence-electron chi connectivity index (χ4n) is 3.65. The summed E-state index contributed by atoms with van der Waals surface area (Å²) in [7, 11) is -7.19. The number of rotatable bonds is 8. The van der Waals surface area contributed by atoms with Crippen molar-refractivity contribution < 1.29 is 21.6 Å². The average Bonchev–Trinajstić information content (AvgIpc) is 2.82. The van der Waals surface area contributed by atoms with Crippen molar-refractivity contribution in [2.24, 2.45) is 5.92 Å². The molecule has 0 spiro atoms. The Morgan fingerprint density at radius 2 is 1.62 bits per heavy atom. The van der Waals surface area contributed by atoms with Crippen LogP contribution in [0, 0.1) is 17.2 Å². The molecule has 170 valence electrons. The smallest absolute Gasteiger partial charge is 0.244 e. The molecule has 2 aromatic carbocycles. The lowest BCUT2D eigenvalue weighted by atomic mass is 9.97. The van der Waals surface area contributed by atoms with Crippen molar-refractivity contribution in [2.75, 3.05) is 25.4 Å². The van der Waals surface area contributed by atoms with E-state index < -0.39 is 19.9 Å². The summed E-state index contributed by atoms with van der Waals surface area (Å²) < 4.78 is 51.6. The Kier molecular flexibility index (Phi) is 7.66. The standard InChI is InChI=1S/C22H25N3O5S2/c23-17-19-7-4-5-10-21(19)32(29,30)25-14-11-18(12-15-25)22(26)24-13-6-16-31(27,28)20-8-2-1-3-9-20/h1-5,7-10,18H,6,11-16H2,(H,24,26). The van der Waals surface area contributed by atoms with E-state index in [9.17, 15) is 26.9 Å². The number of amides is 1. The number of nitrogens with one attached hydrogen (secondary N) is 1. The first-order valence-corrected chi connectivity index (χ1v) is 13.4. The van der Waals surface area contributed by atoms with E-state index in [-0.39, 0.29) is 52.6 Å². The van der Waals surface area contributed by atoms with E-state index in [0.29, 0.717) is 19.3 Å². The number of nitrogens with zero attached hydrogens (tertiary/aromatic N) is 2. The second-order valence-electron chi connectivity index (χ2n) is 7.56. The molecule has 0 aliphatic carbocycles. The summed E-state index contributed by atoms with van der Waals surface area (Å²) in [5.74, 6) is -0.596. The molecule has 1 fully saturated rings. The Hall–Kier alpha value is -2.74. The molecule has 3 rings (SSSR count). The zero-order valence-electron chi connectivity index (χ0n) is 17.5. The third kappa shape index (κ3) is 5.54. The first kappa shape index (κ1) is 23.9. The molecule has 10 heteroatoms. The van der Waals surface area contributed by atoms with Gasteiger partial charge in [-0.1, -0.05) is 30.3 Å². The molecular weight excluding hydrogens is 450 g/mol. The summed E-state index contributed by atoms with van der Waals surface area (Å²) >= 11 is 0. The monoisotopic (exact) mass is 475 g/mol. The highest BCUT2D eigenvalue weighted by Crippen LogP contribution is 2.25. The maximum atomic E-state index is 12.9. The Morgan fingerprint density at radius 3 is 2.28 bits per heavy atom. The highest BCUT2D eigenvalue weighted by molar-refractivity contribution is 7.91. The number of piperidine rings is 1. The fourth-order valence-corrected chi connectivity index (χ4v) is 6.59. The van der Waals surface area contributed by atoms with Crippen LogP contribution in [0.2, 0.25) is 0 Å². The molecule has 0 unspecified atom stereocenters. The predicted octanol–water partition coefficient (Wildman–Crippen LogP) is 1.94. The molecule has 2 aromatic rings. The van der Waals surface area contributed by atoms with Crippen molar-refractivity contribution in [3.05, 3.63) is 60.2 Å². The number of benzene rings is 2. The second-order valence-corrected chi connectivity index (χ2v) is 11.6. The van der Waals surface area contributed by atoms with Gasteiger partial charge in [-0.05, 0) is 43.5 Å². The van der Waals surface area contributed by atoms with Gasteiger partial charge in [-0.15, -0.1) is 0 Å². The van der Waals surface area contributed by atoms with Crippen LogP contribution in [-0.4, -0.2) is 52.4 Å². The molecule has 1 heterocycles. The number of sulfone groups is 1. The van der Waals surface area contributed by atoms with E-state index in [1.165, 1.54) is 16.4 Å². The van der Waals surface area contributed by atoms with Crippen molar-refractivity contribution in [1.82, 2.24) is 9.62 Å². The molecule has 1 amide bonds. The van der Waals surface area contributed by atoms with Crippen LogP contribution < -0.4 is 5.32 Å². The molecule has 1 aliphatic rings.